The van der Waals surface area contributed by atoms with Gasteiger partial charge in [-0.2, -0.15) is 5.26 Å². The quantitative estimate of drug-likeness (QED) is 0.448. The van der Waals surface area contributed by atoms with Gasteiger partial charge in [-0.25, -0.2) is 4.79 Å². The van der Waals surface area contributed by atoms with Gasteiger partial charge in [0.1, 0.15) is 17.9 Å². The van der Waals surface area contributed by atoms with Crippen LogP contribution < -0.4 is 9.64 Å². The lowest BCUT2D eigenvalue weighted by Crippen LogP contribution is -2.35. The third-order valence-electron chi connectivity index (χ3n) is 4.33. The van der Waals surface area contributed by atoms with Crippen molar-refractivity contribution in [3.05, 3.63) is 59.9 Å². The maximum atomic E-state index is 12.5. The van der Waals surface area contributed by atoms with E-state index in [1.165, 1.54) is 4.90 Å². The molecule has 0 aliphatic carbocycles. The molecule has 7 nitrogen and oxygen atoms in total. The minimum Gasteiger partial charge on any atom is -0.494 e. The molecule has 7 heteroatoms. The van der Waals surface area contributed by atoms with Crippen LogP contribution in [-0.2, 0) is 9.53 Å². The van der Waals surface area contributed by atoms with Gasteiger partial charge in [0.15, 0.2) is 6.61 Å². The fraction of sp³-hybridized carbons (Fsp3) is 0.227. The van der Waals surface area contributed by atoms with Gasteiger partial charge in [0.2, 0.25) is 5.76 Å². The highest BCUT2D eigenvalue weighted by molar-refractivity contribution is 5.99. The van der Waals surface area contributed by atoms with Crippen LogP contribution in [0.15, 0.2) is 52.9 Å². The summed E-state index contributed by atoms with van der Waals surface area (Å²) in [5.41, 5.74) is 1.69. The van der Waals surface area contributed by atoms with Crippen molar-refractivity contribution in [3.8, 4) is 11.8 Å². The van der Waals surface area contributed by atoms with Crippen LogP contribution in [0.4, 0.5) is 5.69 Å². The highest BCUT2D eigenvalue weighted by Gasteiger charge is 2.22. The first-order valence-corrected chi connectivity index (χ1v) is 9.10. The van der Waals surface area contributed by atoms with Gasteiger partial charge in [0.25, 0.3) is 5.91 Å². The summed E-state index contributed by atoms with van der Waals surface area (Å²) in [5.74, 6) is -0.532. The number of para-hydroxylation sites is 1. The summed E-state index contributed by atoms with van der Waals surface area (Å²) in [6.45, 7) is 3.50. The van der Waals surface area contributed by atoms with Crippen molar-refractivity contribution in [1.82, 2.24) is 0 Å². The van der Waals surface area contributed by atoms with Crippen LogP contribution in [0.2, 0.25) is 0 Å². The summed E-state index contributed by atoms with van der Waals surface area (Å²) < 4.78 is 16.2. The van der Waals surface area contributed by atoms with Crippen LogP contribution >= 0.6 is 0 Å². The van der Waals surface area contributed by atoms with E-state index in [4.69, 9.17) is 19.2 Å². The molecule has 0 atom stereocenters. The van der Waals surface area contributed by atoms with Gasteiger partial charge in [-0.15, -0.1) is 0 Å². The minimum absolute atomic E-state index is 0.0352. The number of carbonyl (C=O) groups is 2. The fourth-order valence-electron chi connectivity index (χ4n) is 2.92. The Morgan fingerprint density at radius 1 is 1.17 bits per heavy atom. The molecule has 2 aromatic carbocycles. The Hall–Kier alpha value is -3.79. The van der Waals surface area contributed by atoms with E-state index in [2.05, 4.69) is 0 Å². The summed E-state index contributed by atoms with van der Waals surface area (Å²) in [6.07, 6.45) is 0. The average Bonchev–Trinajstić information content (AvgIpc) is 3.07. The molecule has 0 aliphatic heterocycles. The molecule has 1 aromatic heterocycles. The molecular weight excluding hydrogens is 372 g/mol. The summed E-state index contributed by atoms with van der Waals surface area (Å²) in [6, 6.07) is 15.9. The first kappa shape index (κ1) is 20.0. The number of fused-ring (bicyclic) bond motifs is 1. The van der Waals surface area contributed by atoms with Crippen LogP contribution in [0.1, 0.15) is 23.0 Å². The summed E-state index contributed by atoms with van der Waals surface area (Å²) in [7, 11) is 0. The summed E-state index contributed by atoms with van der Waals surface area (Å²) >= 11 is 0. The maximum absolute atomic E-state index is 12.5. The van der Waals surface area contributed by atoms with E-state index >= 15 is 0 Å². The van der Waals surface area contributed by atoms with E-state index in [9.17, 15) is 9.59 Å². The first-order valence-electron chi connectivity index (χ1n) is 9.10. The SMILES string of the molecule is CCOc1ccc2oc(C(=O)OCC(=O)N(CC#N)c3ccccc3)c(C)c2c1. The predicted octanol–water partition coefficient (Wildman–Crippen LogP) is 3.85. The number of esters is 1. The number of furan rings is 1. The first-order chi connectivity index (χ1) is 14.0. The molecule has 0 N–H and O–H groups in total. The average molecular weight is 392 g/mol. The van der Waals surface area contributed by atoms with Crippen LogP contribution in [0.25, 0.3) is 11.0 Å². The van der Waals surface area contributed by atoms with Gasteiger partial charge in [-0.05, 0) is 44.2 Å². The minimum atomic E-state index is -0.741. The number of hydrogen-bond donors (Lipinski definition) is 0. The largest absolute Gasteiger partial charge is 0.494 e. The van der Waals surface area contributed by atoms with Crippen LogP contribution in [0.3, 0.4) is 0 Å². The van der Waals surface area contributed by atoms with Gasteiger partial charge in [0, 0.05) is 16.6 Å². The van der Waals surface area contributed by atoms with Crippen molar-refractivity contribution < 1.29 is 23.5 Å². The Bertz CT molecular complexity index is 1070. The molecule has 1 amide bonds. The summed E-state index contributed by atoms with van der Waals surface area (Å²) in [5, 5.41) is 9.74. The van der Waals surface area contributed by atoms with Crippen molar-refractivity contribution in [3.63, 3.8) is 0 Å². The zero-order chi connectivity index (χ0) is 20.8. The second-order valence-corrected chi connectivity index (χ2v) is 6.20. The Kier molecular flexibility index (Phi) is 6.15. The smallest absolute Gasteiger partial charge is 0.375 e. The molecule has 0 spiro atoms. The number of amides is 1. The molecule has 0 radical (unpaired) electrons. The molecule has 0 bridgehead atoms. The summed E-state index contributed by atoms with van der Waals surface area (Å²) in [4.78, 5) is 26.2. The molecular formula is C22H20N2O5. The second-order valence-electron chi connectivity index (χ2n) is 6.20. The molecule has 1 heterocycles. The molecule has 0 fully saturated rings. The molecule has 3 aromatic rings. The normalized spacial score (nSPS) is 10.4. The van der Waals surface area contributed by atoms with E-state index in [1.807, 2.05) is 13.0 Å². The monoisotopic (exact) mass is 392 g/mol. The highest BCUT2D eigenvalue weighted by Crippen LogP contribution is 2.29. The van der Waals surface area contributed by atoms with E-state index in [0.717, 1.165) is 5.39 Å². The topological polar surface area (TPSA) is 92.8 Å². The zero-order valence-corrected chi connectivity index (χ0v) is 16.2. The highest BCUT2D eigenvalue weighted by atomic mass is 16.5. The van der Waals surface area contributed by atoms with Crippen molar-refractivity contribution in [2.24, 2.45) is 0 Å². The number of aryl methyl sites for hydroxylation is 1. The lowest BCUT2D eigenvalue weighted by atomic mass is 10.1. The third kappa shape index (κ3) is 4.38. The number of hydrogen-bond acceptors (Lipinski definition) is 6. The lowest BCUT2D eigenvalue weighted by molar-refractivity contribution is -0.121. The molecule has 0 saturated heterocycles. The van der Waals surface area contributed by atoms with Crippen LogP contribution in [0, 0.1) is 18.3 Å². The van der Waals surface area contributed by atoms with E-state index < -0.39 is 18.5 Å². The van der Waals surface area contributed by atoms with Crippen LogP contribution in [-0.4, -0.2) is 31.6 Å². The van der Waals surface area contributed by atoms with E-state index in [1.54, 1.807) is 55.5 Å². The number of benzene rings is 2. The van der Waals surface area contributed by atoms with Gasteiger partial charge < -0.3 is 13.9 Å². The number of carbonyl (C=O) groups excluding carboxylic acids is 2. The van der Waals surface area contributed by atoms with Crippen molar-refractivity contribution >= 4 is 28.5 Å². The Labute approximate surface area is 168 Å². The van der Waals surface area contributed by atoms with Gasteiger partial charge in [-0.3, -0.25) is 9.69 Å². The Balaban J connectivity index is 1.74. The number of anilines is 1. The fourth-order valence-corrected chi connectivity index (χ4v) is 2.92. The predicted molar refractivity (Wildman–Crippen MR) is 107 cm³/mol. The van der Waals surface area contributed by atoms with E-state index in [0.29, 0.717) is 29.2 Å². The molecule has 0 saturated carbocycles. The maximum Gasteiger partial charge on any atom is 0.375 e. The zero-order valence-electron chi connectivity index (χ0n) is 16.2. The number of nitrogens with zero attached hydrogens (tertiary/aromatic N) is 2. The van der Waals surface area contributed by atoms with Gasteiger partial charge >= 0.3 is 5.97 Å². The van der Waals surface area contributed by atoms with Crippen LogP contribution in [0.5, 0.6) is 5.75 Å². The second kappa shape index (κ2) is 8.93. The molecule has 0 unspecified atom stereocenters. The van der Waals surface area contributed by atoms with Gasteiger partial charge in [0.05, 0.1) is 12.7 Å². The van der Waals surface area contributed by atoms with Crippen molar-refractivity contribution in [2.75, 3.05) is 24.7 Å². The Morgan fingerprint density at radius 3 is 2.62 bits per heavy atom. The lowest BCUT2D eigenvalue weighted by Gasteiger charge is -2.19. The van der Waals surface area contributed by atoms with E-state index in [-0.39, 0.29) is 12.3 Å². The number of ether oxygens (including phenoxy) is 2. The van der Waals surface area contributed by atoms with Gasteiger partial charge in [-0.1, -0.05) is 18.2 Å². The molecule has 3 rings (SSSR count). The third-order valence-corrected chi connectivity index (χ3v) is 4.33. The molecule has 148 valence electrons. The number of nitriles is 1. The van der Waals surface area contributed by atoms with Crippen molar-refractivity contribution in [1.29, 1.82) is 5.26 Å². The molecule has 0 aliphatic rings. The standard InChI is InChI=1S/C22H20N2O5/c1-3-27-17-9-10-19-18(13-17)15(2)21(29-19)22(26)28-14-20(25)24(12-11-23)16-7-5-4-6-8-16/h4-10,13H,3,12,14H2,1-2H3. The molecule has 29 heavy (non-hydrogen) atoms. The Morgan fingerprint density at radius 2 is 1.93 bits per heavy atom. The number of rotatable bonds is 7. The van der Waals surface area contributed by atoms with Crippen molar-refractivity contribution in [2.45, 2.75) is 13.8 Å².